The van der Waals surface area contributed by atoms with E-state index in [0.29, 0.717) is 36.4 Å². The molecule has 0 fully saturated rings. The van der Waals surface area contributed by atoms with Crippen molar-refractivity contribution < 1.29 is 10.2 Å². The topological polar surface area (TPSA) is 96.1 Å². The number of aliphatic hydroxyl groups excluding tert-OH is 2. The largest absolute Gasteiger partial charge is 0.396 e. The van der Waals surface area contributed by atoms with Crippen LogP contribution in [0.2, 0.25) is 5.28 Å². The van der Waals surface area contributed by atoms with Crippen molar-refractivity contribution >= 4 is 28.6 Å². The standard InChI is InChI=1S/C12H18ClN5O2/c1-14-10-9-11(17-12(13)16-10)18(7-15-9)6-8(2-4-19)3-5-20/h7-8,19-20H,2-6H2,1H3,(H,14,16,17). The Balaban J connectivity index is 2.32. The summed E-state index contributed by atoms with van der Waals surface area (Å²) in [6.45, 7) is 0.803. The van der Waals surface area contributed by atoms with Gasteiger partial charge >= 0.3 is 0 Å². The van der Waals surface area contributed by atoms with Gasteiger partial charge in [0, 0.05) is 26.8 Å². The third-order valence-electron chi connectivity index (χ3n) is 3.20. The first-order valence-electron chi connectivity index (χ1n) is 6.47. The molecule has 2 heterocycles. The average molecular weight is 300 g/mol. The molecule has 2 aromatic heterocycles. The van der Waals surface area contributed by atoms with E-state index in [1.54, 1.807) is 13.4 Å². The highest BCUT2D eigenvalue weighted by Crippen LogP contribution is 2.22. The van der Waals surface area contributed by atoms with Crippen molar-refractivity contribution in [2.75, 3.05) is 25.6 Å². The van der Waals surface area contributed by atoms with Gasteiger partial charge in [-0.15, -0.1) is 0 Å². The van der Waals surface area contributed by atoms with Gasteiger partial charge in [0.2, 0.25) is 5.28 Å². The lowest BCUT2D eigenvalue weighted by molar-refractivity contribution is 0.205. The van der Waals surface area contributed by atoms with E-state index >= 15 is 0 Å². The third-order valence-corrected chi connectivity index (χ3v) is 3.37. The van der Waals surface area contributed by atoms with E-state index in [1.807, 2.05) is 4.57 Å². The van der Waals surface area contributed by atoms with Crippen molar-refractivity contribution in [1.29, 1.82) is 0 Å². The third kappa shape index (κ3) is 3.17. The quantitative estimate of drug-likeness (QED) is 0.658. The minimum Gasteiger partial charge on any atom is -0.396 e. The highest BCUT2D eigenvalue weighted by atomic mass is 35.5. The SMILES string of the molecule is CNc1nc(Cl)nc2c1ncn2CC(CCO)CCO. The van der Waals surface area contributed by atoms with Crippen LogP contribution in [0.15, 0.2) is 6.33 Å². The van der Waals surface area contributed by atoms with Crippen LogP contribution in [0, 0.1) is 5.92 Å². The Labute approximate surface area is 121 Å². The highest BCUT2D eigenvalue weighted by Gasteiger charge is 2.15. The molecule has 0 aliphatic heterocycles. The molecule has 110 valence electrons. The monoisotopic (exact) mass is 299 g/mol. The zero-order chi connectivity index (χ0) is 14.5. The van der Waals surface area contributed by atoms with Gasteiger partial charge in [0.05, 0.1) is 6.33 Å². The van der Waals surface area contributed by atoms with Crippen LogP contribution in [0.3, 0.4) is 0 Å². The fourth-order valence-electron chi connectivity index (χ4n) is 2.20. The lowest BCUT2D eigenvalue weighted by Crippen LogP contribution is -2.14. The first-order chi connectivity index (χ1) is 9.69. The van der Waals surface area contributed by atoms with E-state index in [0.717, 1.165) is 0 Å². The molecule has 0 aliphatic rings. The molecule has 2 aromatic rings. The number of imidazole rings is 1. The van der Waals surface area contributed by atoms with Gasteiger partial charge in [-0.25, -0.2) is 4.98 Å². The van der Waals surface area contributed by atoms with Crippen LogP contribution < -0.4 is 5.32 Å². The summed E-state index contributed by atoms with van der Waals surface area (Å²) in [5.41, 5.74) is 1.30. The molecule has 3 N–H and O–H groups in total. The van der Waals surface area contributed by atoms with E-state index in [4.69, 9.17) is 21.8 Å². The van der Waals surface area contributed by atoms with Crippen molar-refractivity contribution in [3.8, 4) is 0 Å². The summed E-state index contributed by atoms with van der Waals surface area (Å²) in [6, 6.07) is 0. The van der Waals surface area contributed by atoms with Crippen LogP contribution in [0.5, 0.6) is 0 Å². The van der Waals surface area contributed by atoms with Crippen LogP contribution in [0.1, 0.15) is 12.8 Å². The molecule has 0 aliphatic carbocycles. The first kappa shape index (κ1) is 15.0. The van der Waals surface area contributed by atoms with Gasteiger partial charge in [0.25, 0.3) is 0 Å². The molecule has 0 radical (unpaired) electrons. The predicted octanol–water partition coefficient (Wildman–Crippen LogP) is 0.902. The molecule has 7 nitrogen and oxygen atoms in total. The number of aliphatic hydroxyl groups is 2. The Bertz CT molecular complexity index is 568. The number of rotatable bonds is 7. The normalized spacial score (nSPS) is 11.4. The maximum atomic E-state index is 9.07. The Morgan fingerprint density at radius 3 is 2.60 bits per heavy atom. The molecule has 2 rings (SSSR count). The van der Waals surface area contributed by atoms with Gasteiger partial charge < -0.3 is 20.1 Å². The number of hydrogen-bond acceptors (Lipinski definition) is 6. The molecule has 0 unspecified atom stereocenters. The number of hydrogen-bond donors (Lipinski definition) is 3. The van der Waals surface area contributed by atoms with Crippen molar-refractivity contribution in [3.05, 3.63) is 11.6 Å². The number of halogens is 1. The van der Waals surface area contributed by atoms with E-state index in [-0.39, 0.29) is 24.4 Å². The minimum absolute atomic E-state index is 0.0921. The van der Waals surface area contributed by atoms with E-state index in [2.05, 4.69) is 20.3 Å². The van der Waals surface area contributed by atoms with Gasteiger partial charge in [-0.3, -0.25) is 0 Å². The number of anilines is 1. The van der Waals surface area contributed by atoms with Crippen molar-refractivity contribution in [3.63, 3.8) is 0 Å². The maximum absolute atomic E-state index is 9.07. The zero-order valence-electron chi connectivity index (χ0n) is 11.3. The van der Waals surface area contributed by atoms with Gasteiger partial charge in [-0.2, -0.15) is 9.97 Å². The molecule has 0 saturated carbocycles. The Morgan fingerprint density at radius 2 is 2.00 bits per heavy atom. The number of aromatic nitrogens is 4. The second-order valence-electron chi connectivity index (χ2n) is 4.55. The van der Waals surface area contributed by atoms with Gasteiger partial charge in [-0.1, -0.05) is 0 Å². The second-order valence-corrected chi connectivity index (χ2v) is 4.89. The van der Waals surface area contributed by atoms with Crippen LogP contribution in [-0.2, 0) is 6.54 Å². The number of nitrogens with one attached hydrogen (secondary N) is 1. The van der Waals surface area contributed by atoms with Crippen molar-refractivity contribution in [2.24, 2.45) is 5.92 Å². The van der Waals surface area contributed by atoms with E-state index < -0.39 is 0 Å². The van der Waals surface area contributed by atoms with Gasteiger partial charge in [-0.05, 0) is 30.4 Å². The molecular formula is C12H18ClN5O2. The van der Waals surface area contributed by atoms with Crippen molar-refractivity contribution in [2.45, 2.75) is 19.4 Å². The first-order valence-corrected chi connectivity index (χ1v) is 6.85. The van der Waals surface area contributed by atoms with E-state index in [9.17, 15) is 0 Å². The van der Waals surface area contributed by atoms with Crippen LogP contribution in [-0.4, -0.2) is 50.0 Å². The smallest absolute Gasteiger partial charge is 0.226 e. The maximum Gasteiger partial charge on any atom is 0.226 e. The Morgan fingerprint density at radius 1 is 1.30 bits per heavy atom. The molecule has 8 heteroatoms. The summed E-state index contributed by atoms with van der Waals surface area (Å²) >= 11 is 5.91. The van der Waals surface area contributed by atoms with E-state index in [1.165, 1.54) is 0 Å². The molecule has 20 heavy (non-hydrogen) atoms. The van der Waals surface area contributed by atoms with Crippen LogP contribution >= 0.6 is 11.6 Å². The van der Waals surface area contributed by atoms with Gasteiger partial charge in [0.15, 0.2) is 17.0 Å². The molecule has 0 atom stereocenters. The van der Waals surface area contributed by atoms with Crippen LogP contribution in [0.4, 0.5) is 5.82 Å². The molecule has 0 amide bonds. The van der Waals surface area contributed by atoms with Crippen molar-refractivity contribution in [1.82, 2.24) is 19.5 Å². The second kappa shape index (κ2) is 6.83. The zero-order valence-corrected chi connectivity index (χ0v) is 12.0. The fourth-order valence-corrected chi connectivity index (χ4v) is 2.36. The number of fused-ring (bicyclic) bond motifs is 1. The minimum atomic E-state index is 0.0921. The molecule has 0 aromatic carbocycles. The summed E-state index contributed by atoms with van der Waals surface area (Å²) in [5, 5.41) is 21.2. The molecule has 0 spiro atoms. The molecule has 0 bridgehead atoms. The summed E-state index contributed by atoms with van der Waals surface area (Å²) < 4.78 is 1.87. The Hall–Kier alpha value is -1.44. The molecular weight excluding hydrogens is 282 g/mol. The summed E-state index contributed by atoms with van der Waals surface area (Å²) in [6.07, 6.45) is 2.92. The summed E-state index contributed by atoms with van der Waals surface area (Å²) in [7, 11) is 1.75. The number of nitrogens with zero attached hydrogens (tertiary/aromatic N) is 4. The lowest BCUT2D eigenvalue weighted by atomic mass is 10.0. The molecule has 0 saturated heterocycles. The fraction of sp³-hybridized carbons (Fsp3) is 0.583. The highest BCUT2D eigenvalue weighted by molar-refractivity contribution is 6.28. The Kier molecular flexibility index (Phi) is 5.11. The summed E-state index contributed by atoms with van der Waals surface area (Å²) in [5.74, 6) is 0.744. The predicted molar refractivity (Wildman–Crippen MR) is 76.8 cm³/mol. The lowest BCUT2D eigenvalue weighted by Gasteiger charge is -2.15. The average Bonchev–Trinajstić information content (AvgIpc) is 2.81. The summed E-state index contributed by atoms with van der Waals surface area (Å²) in [4.78, 5) is 12.6. The van der Waals surface area contributed by atoms with Gasteiger partial charge in [0.1, 0.15) is 0 Å². The van der Waals surface area contributed by atoms with Crippen LogP contribution in [0.25, 0.3) is 11.2 Å².